The Balaban J connectivity index is 2.83. The molecule has 0 bridgehead atoms. The van der Waals surface area contributed by atoms with Crippen molar-refractivity contribution < 1.29 is 13.9 Å². The third-order valence-corrected chi connectivity index (χ3v) is 2.84. The second kappa shape index (κ2) is 4.28. The number of halogens is 2. The molecule has 0 aromatic heterocycles. The second-order valence-electron chi connectivity index (χ2n) is 3.60. The van der Waals surface area contributed by atoms with Crippen molar-refractivity contribution in [1.82, 2.24) is 0 Å². The predicted molar refractivity (Wildman–Crippen MR) is 53.4 cm³/mol. The van der Waals surface area contributed by atoms with Crippen LogP contribution in [0.15, 0.2) is 23.1 Å². The molecule has 0 fully saturated rings. The number of hydrogen-bond donors (Lipinski definition) is 1. The van der Waals surface area contributed by atoms with Crippen LogP contribution in [0, 0.1) is 11.6 Å². The number of rotatable bonds is 3. The molecule has 1 rings (SSSR count). The maximum Gasteiger partial charge on any atom is 0.159 e. The van der Waals surface area contributed by atoms with Gasteiger partial charge >= 0.3 is 0 Å². The molecule has 1 aromatic carbocycles. The maximum atomic E-state index is 12.8. The zero-order valence-corrected chi connectivity index (χ0v) is 8.87. The van der Waals surface area contributed by atoms with Gasteiger partial charge in [-0.25, -0.2) is 8.78 Å². The van der Waals surface area contributed by atoms with Crippen molar-refractivity contribution in [3.05, 3.63) is 29.8 Å². The quantitative estimate of drug-likeness (QED) is 0.787. The molecule has 1 nitrogen and oxygen atoms in total. The van der Waals surface area contributed by atoms with E-state index in [1.165, 1.54) is 17.8 Å². The Morgan fingerprint density at radius 3 is 2.43 bits per heavy atom. The molecule has 0 radical (unpaired) electrons. The van der Waals surface area contributed by atoms with Crippen molar-refractivity contribution in [3.63, 3.8) is 0 Å². The van der Waals surface area contributed by atoms with Gasteiger partial charge in [0.2, 0.25) is 0 Å². The largest absolute Gasteiger partial charge is 0.395 e. The molecule has 14 heavy (non-hydrogen) atoms. The Kier molecular flexibility index (Phi) is 3.50. The van der Waals surface area contributed by atoms with Gasteiger partial charge in [-0.1, -0.05) is 0 Å². The highest BCUT2D eigenvalue weighted by molar-refractivity contribution is 8.00. The van der Waals surface area contributed by atoms with Crippen LogP contribution in [0.5, 0.6) is 0 Å². The lowest BCUT2D eigenvalue weighted by molar-refractivity contribution is 0.265. The molecular weight excluding hydrogens is 206 g/mol. The van der Waals surface area contributed by atoms with Crippen LogP contribution in [0.3, 0.4) is 0 Å². The first-order valence-corrected chi connectivity index (χ1v) is 5.01. The summed E-state index contributed by atoms with van der Waals surface area (Å²) in [6.07, 6.45) is 0. The molecule has 0 heterocycles. The Labute approximate surface area is 86.1 Å². The highest BCUT2D eigenvalue weighted by Crippen LogP contribution is 2.32. The van der Waals surface area contributed by atoms with Crippen LogP contribution < -0.4 is 0 Å². The van der Waals surface area contributed by atoms with E-state index in [1.807, 2.05) is 13.8 Å². The van der Waals surface area contributed by atoms with Gasteiger partial charge in [0.15, 0.2) is 11.6 Å². The van der Waals surface area contributed by atoms with Crippen molar-refractivity contribution in [2.75, 3.05) is 6.61 Å². The zero-order valence-electron chi connectivity index (χ0n) is 8.05. The van der Waals surface area contributed by atoms with Gasteiger partial charge in [-0.15, -0.1) is 11.8 Å². The molecule has 1 N–H and O–H groups in total. The average molecular weight is 218 g/mol. The standard InChI is InChI=1S/C10H12F2OS/c1-10(2,6-13)14-7-3-4-8(11)9(12)5-7/h3-5,13H,6H2,1-2H3. The van der Waals surface area contributed by atoms with Crippen molar-refractivity contribution in [1.29, 1.82) is 0 Å². The molecule has 0 saturated heterocycles. The van der Waals surface area contributed by atoms with Crippen LogP contribution in [-0.2, 0) is 0 Å². The molecule has 0 saturated carbocycles. The average Bonchev–Trinajstić information content (AvgIpc) is 2.11. The fraction of sp³-hybridized carbons (Fsp3) is 0.400. The van der Waals surface area contributed by atoms with Gasteiger partial charge in [-0.2, -0.15) is 0 Å². The normalized spacial score (nSPS) is 11.8. The molecule has 78 valence electrons. The Hall–Kier alpha value is -0.610. The molecule has 0 amide bonds. The van der Waals surface area contributed by atoms with Crippen LogP contribution in [0.2, 0.25) is 0 Å². The summed E-state index contributed by atoms with van der Waals surface area (Å²) in [5.74, 6) is -1.71. The molecule has 0 aliphatic carbocycles. The first-order valence-electron chi connectivity index (χ1n) is 4.19. The van der Waals surface area contributed by atoms with E-state index in [0.717, 1.165) is 12.1 Å². The van der Waals surface area contributed by atoms with Crippen LogP contribution >= 0.6 is 11.8 Å². The fourth-order valence-electron chi connectivity index (χ4n) is 0.892. The Morgan fingerprint density at radius 1 is 1.29 bits per heavy atom. The minimum atomic E-state index is -0.858. The molecular formula is C10H12F2OS. The minimum absolute atomic E-state index is 0.0172. The second-order valence-corrected chi connectivity index (χ2v) is 5.38. The summed E-state index contributed by atoms with van der Waals surface area (Å²) in [5.41, 5.74) is 0. The van der Waals surface area contributed by atoms with Crippen molar-refractivity contribution in [3.8, 4) is 0 Å². The van der Waals surface area contributed by atoms with Crippen LogP contribution in [0.1, 0.15) is 13.8 Å². The number of hydrogen-bond acceptors (Lipinski definition) is 2. The van der Waals surface area contributed by atoms with E-state index in [-0.39, 0.29) is 11.4 Å². The minimum Gasteiger partial charge on any atom is -0.395 e. The molecule has 4 heteroatoms. The van der Waals surface area contributed by atoms with E-state index in [9.17, 15) is 8.78 Å². The van der Waals surface area contributed by atoms with Gasteiger partial charge in [0.05, 0.1) is 6.61 Å². The smallest absolute Gasteiger partial charge is 0.159 e. The molecule has 1 aromatic rings. The molecule has 0 atom stereocenters. The van der Waals surface area contributed by atoms with Crippen molar-refractivity contribution in [2.24, 2.45) is 0 Å². The summed E-state index contributed by atoms with van der Waals surface area (Å²) < 4.78 is 25.0. The Morgan fingerprint density at radius 2 is 1.93 bits per heavy atom. The van der Waals surface area contributed by atoms with E-state index < -0.39 is 11.6 Å². The molecule has 0 aliphatic heterocycles. The number of thioether (sulfide) groups is 1. The molecule has 0 unspecified atom stereocenters. The van der Waals surface area contributed by atoms with E-state index in [1.54, 1.807) is 0 Å². The van der Waals surface area contributed by atoms with Gasteiger partial charge in [0, 0.05) is 9.64 Å². The van der Waals surface area contributed by atoms with Crippen molar-refractivity contribution >= 4 is 11.8 Å². The lowest BCUT2D eigenvalue weighted by Gasteiger charge is -2.20. The highest BCUT2D eigenvalue weighted by Gasteiger charge is 2.18. The van der Waals surface area contributed by atoms with E-state index in [2.05, 4.69) is 0 Å². The SMILES string of the molecule is CC(C)(CO)Sc1ccc(F)c(F)c1. The maximum absolute atomic E-state index is 12.8. The third kappa shape index (κ3) is 2.96. The van der Waals surface area contributed by atoms with Gasteiger partial charge in [-0.3, -0.25) is 0 Å². The highest BCUT2D eigenvalue weighted by atomic mass is 32.2. The summed E-state index contributed by atoms with van der Waals surface area (Å²) in [6, 6.07) is 3.73. The monoisotopic (exact) mass is 218 g/mol. The summed E-state index contributed by atoms with van der Waals surface area (Å²) in [5, 5.41) is 8.99. The summed E-state index contributed by atoms with van der Waals surface area (Å²) in [6.45, 7) is 3.65. The van der Waals surface area contributed by atoms with E-state index in [4.69, 9.17) is 5.11 Å². The molecule has 0 spiro atoms. The van der Waals surface area contributed by atoms with Gasteiger partial charge < -0.3 is 5.11 Å². The van der Waals surface area contributed by atoms with E-state index >= 15 is 0 Å². The topological polar surface area (TPSA) is 20.2 Å². The first-order chi connectivity index (χ1) is 6.44. The van der Waals surface area contributed by atoms with Crippen molar-refractivity contribution in [2.45, 2.75) is 23.5 Å². The summed E-state index contributed by atoms with van der Waals surface area (Å²) in [4.78, 5) is 0.614. The predicted octanol–water partition coefficient (Wildman–Crippen LogP) is 2.83. The lowest BCUT2D eigenvalue weighted by atomic mass is 10.2. The number of aliphatic hydroxyl groups excluding tert-OH is 1. The molecule has 0 aliphatic rings. The van der Waals surface area contributed by atoms with Crippen LogP contribution in [-0.4, -0.2) is 16.5 Å². The summed E-state index contributed by atoms with van der Waals surface area (Å²) >= 11 is 1.31. The number of benzene rings is 1. The summed E-state index contributed by atoms with van der Waals surface area (Å²) in [7, 11) is 0. The van der Waals surface area contributed by atoms with E-state index in [0.29, 0.717) is 4.90 Å². The lowest BCUT2D eigenvalue weighted by Crippen LogP contribution is -2.19. The van der Waals surface area contributed by atoms with Crippen LogP contribution in [0.25, 0.3) is 0 Å². The Bertz CT molecular complexity index is 326. The van der Waals surface area contributed by atoms with Gasteiger partial charge in [0.1, 0.15) is 0 Å². The first kappa shape index (κ1) is 11.5. The van der Waals surface area contributed by atoms with Gasteiger partial charge in [0.25, 0.3) is 0 Å². The fourth-order valence-corrected chi connectivity index (χ4v) is 1.89. The zero-order chi connectivity index (χ0) is 10.8. The third-order valence-electron chi connectivity index (χ3n) is 1.67. The number of aliphatic hydroxyl groups is 1. The van der Waals surface area contributed by atoms with Gasteiger partial charge in [-0.05, 0) is 32.0 Å². The van der Waals surface area contributed by atoms with Crippen LogP contribution in [0.4, 0.5) is 8.78 Å².